The number of aryl methyl sites for hydroxylation is 1. The van der Waals surface area contributed by atoms with Crippen LogP contribution in [0.15, 0.2) is 54.6 Å². The van der Waals surface area contributed by atoms with Crippen LogP contribution in [0.5, 0.6) is 0 Å². The Bertz CT molecular complexity index is 1050. The first-order valence-corrected chi connectivity index (χ1v) is 10.9. The molecule has 162 valence electrons. The first-order chi connectivity index (χ1) is 15.0. The smallest absolute Gasteiger partial charge is 0.166 e. The standard InChI is InChI=1S/C27H27F3O/c1-3-4-18-6-14-25(31-16-18)21-11-13-22(24(28)15-21)19-7-9-20(10-8-19)23-12-5-17(2)26(29)27(23)30/h5,7-13,15,18,25H,3-4,6,14,16H2,1-2H3. The zero-order valence-electron chi connectivity index (χ0n) is 17.9. The summed E-state index contributed by atoms with van der Waals surface area (Å²) in [5.41, 5.74) is 3.04. The van der Waals surface area contributed by atoms with Gasteiger partial charge < -0.3 is 4.74 Å². The van der Waals surface area contributed by atoms with E-state index in [1.807, 2.05) is 6.07 Å². The summed E-state index contributed by atoms with van der Waals surface area (Å²) in [5, 5.41) is 0. The Morgan fingerprint density at radius 1 is 0.839 bits per heavy atom. The summed E-state index contributed by atoms with van der Waals surface area (Å²) < 4.78 is 49.1. The fourth-order valence-electron chi connectivity index (χ4n) is 4.37. The van der Waals surface area contributed by atoms with Crippen molar-refractivity contribution < 1.29 is 17.9 Å². The average molecular weight is 425 g/mol. The van der Waals surface area contributed by atoms with E-state index < -0.39 is 11.6 Å². The van der Waals surface area contributed by atoms with E-state index >= 15 is 0 Å². The molecule has 1 heterocycles. The normalized spacial score (nSPS) is 18.9. The van der Waals surface area contributed by atoms with Crippen LogP contribution in [-0.4, -0.2) is 6.61 Å². The van der Waals surface area contributed by atoms with Gasteiger partial charge in [0.2, 0.25) is 0 Å². The highest BCUT2D eigenvalue weighted by Crippen LogP contribution is 2.35. The lowest BCUT2D eigenvalue weighted by atomic mass is 9.91. The molecule has 0 spiro atoms. The van der Waals surface area contributed by atoms with Crippen molar-refractivity contribution in [3.63, 3.8) is 0 Å². The lowest BCUT2D eigenvalue weighted by molar-refractivity contribution is -0.0195. The number of hydrogen-bond donors (Lipinski definition) is 0. The third-order valence-electron chi connectivity index (χ3n) is 6.21. The van der Waals surface area contributed by atoms with Gasteiger partial charge in [-0.2, -0.15) is 0 Å². The van der Waals surface area contributed by atoms with E-state index in [9.17, 15) is 13.2 Å². The molecular formula is C27H27F3O. The number of rotatable bonds is 5. The van der Waals surface area contributed by atoms with Crippen LogP contribution in [0.3, 0.4) is 0 Å². The summed E-state index contributed by atoms with van der Waals surface area (Å²) in [5.74, 6) is -1.40. The zero-order valence-corrected chi connectivity index (χ0v) is 17.9. The highest BCUT2D eigenvalue weighted by atomic mass is 19.2. The second kappa shape index (κ2) is 9.27. The van der Waals surface area contributed by atoms with Crippen molar-refractivity contribution >= 4 is 0 Å². The Morgan fingerprint density at radius 2 is 1.52 bits per heavy atom. The van der Waals surface area contributed by atoms with Gasteiger partial charge >= 0.3 is 0 Å². The molecule has 0 aliphatic carbocycles. The van der Waals surface area contributed by atoms with Crippen molar-refractivity contribution in [3.05, 3.63) is 83.2 Å². The summed E-state index contributed by atoms with van der Waals surface area (Å²) in [6, 6.07) is 15.2. The molecule has 0 aromatic heterocycles. The zero-order chi connectivity index (χ0) is 22.0. The largest absolute Gasteiger partial charge is 0.373 e. The predicted octanol–water partition coefficient (Wildman–Crippen LogP) is 8.01. The van der Waals surface area contributed by atoms with Gasteiger partial charge in [-0.1, -0.05) is 61.9 Å². The van der Waals surface area contributed by atoms with Crippen LogP contribution >= 0.6 is 0 Å². The summed E-state index contributed by atoms with van der Waals surface area (Å²) in [6.07, 6.45) is 4.30. The fraction of sp³-hybridized carbons (Fsp3) is 0.333. The minimum atomic E-state index is -0.864. The molecule has 4 rings (SSSR count). The fourth-order valence-corrected chi connectivity index (χ4v) is 4.37. The van der Waals surface area contributed by atoms with Crippen molar-refractivity contribution in [1.82, 2.24) is 0 Å². The highest BCUT2D eigenvalue weighted by Gasteiger charge is 2.23. The summed E-state index contributed by atoms with van der Waals surface area (Å²) in [4.78, 5) is 0. The maximum absolute atomic E-state index is 14.9. The number of benzene rings is 3. The molecule has 3 aromatic rings. The van der Waals surface area contributed by atoms with Crippen LogP contribution in [0.4, 0.5) is 13.2 Å². The molecule has 1 aliphatic rings. The van der Waals surface area contributed by atoms with Gasteiger partial charge in [-0.05, 0) is 60.4 Å². The van der Waals surface area contributed by atoms with Crippen molar-refractivity contribution in [2.75, 3.05) is 6.61 Å². The molecule has 1 saturated heterocycles. The van der Waals surface area contributed by atoms with Crippen LogP contribution < -0.4 is 0 Å². The van der Waals surface area contributed by atoms with Crippen molar-refractivity contribution in [3.8, 4) is 22.3 Å². The lowest BCUT2D eigenvalue weighted by Crippen LogP contribution is -2.20. The molecule has 0 saturated carbocycles. The first kappa shape index (κ1) is 21.6. The van der Waals surface area contributed by atoms with Crippen LogP contribution in [0.2, 0.25) is 0 Å². The van der Waals surface area contributed by atoms with Crippen LogP contribution in [-0.2, 0) is 4.74 Å². The molecule has 0 radical (unpaired) electrons. The molecule has 3 aromatic carbocycles. The lowest BCUT2D eigenvalue weighted by Gasteiger charge is -2.29. The van der Waals surface area contributed by atoms with Crippen molar-refractivity contribution in [1.29, 1.82) is 0 Å². The molecule has 4 heteroatoms. The predicted molar refractivity (Wildman–Crippen MR) is 118 cm³/mol. The average Bonchev–Trinajstić information content (AvgIpc) is 2.79. The monoisotopic (exact) mass is 424 g/mol. The molecule has 2 atom stereocenters. The van der Waals surface area contributed by atoms with Gasteiger partial charge in [0.1, 0.15) is 5.82 Å². The van der Waals surface area contributed by atoms with E-state index in [1.54, 1.807) is 48.5 Å². The Labute approximate surface area is 181 Å². The topological polar surface area (TPSA) is 9.23 Å². The minimum Gasteiger partial charge on any atom is -0.373 e. The Morgan fingerprint density at radius 3 is 2.13 bits per heavy atom. The van der Waals surface area contributed by atoms with Crippen LogP contribution in [0, 0.1) is 30.3 Å². The third kappa shape index (κ3) is 4.54. The SMILES string of the molecule is CCCC1CCC(c2ccc(-c3ccc(-c4ccc(C)c(F)c4F)cc3)c(F)c2)OC1. The van der Waals surface area contributed by atoms with E-state index in [1.165, 1.54) is 13.3 Å². The minimum absolute atomic E-state index is 0.0570. The Kier molecular flexibility index (Phi) is 6.47. The quantitative estimate of drug-likeness (QED) is 0.403. The molecule has 1 fully saturated rings. The van der Waals surface area contributed by atoms with E-state index in [0.29, 0.717) is 22.6 Å². The second-order valence-corrected chi connectivity index (χ2v) is 8.43. The van der Waals surface area contributed by atoms with Crippen molar-refractivity contribution in [2.24, 2.45) is 5.92 Å². The van der Waals surface area contributed by atoms with Crippen LogP contribution in [0.25, 0.3) is 22.3 Å². The maximum Gasteiger partial charge on any atom is 0.166 e. The molecule has 0 N–H and O–H groups in total. The second-order valence-electron chi connectivity index (χ2n) is 8.43. The van der Waals surface area contributed by atoms with Gasteiger partial charge in [-0.25, -0.2) is 13.2 Å². The molecule has 0 bridgehead atoms. The highest BCUT2D eigenvalue weighted by molar-refractivity contribution is 5.71. The number of hydrogen-bond acceptors (Lipinski definition) is 1. The van der Waals surface area contributed by atoms with Gasteiger partial charge in [0.15, 0.2) is 11.6 Å². The molecule has 2 unspecified atom stereocenters. The maximum atomic E-state index is 14.9. The van der Waals surface area contributed by atoms with Gasteiger partial charge in [0.05, 0.1) is 12.7 Å². The molecule has 31 heavy (non-hydrogen) atoms. The molecule has 1 aliphatic heterocycles. The van der Waals surface area contributed by atoms with Gasteiger partial charge in [0.25, 0.3) is 0 Å². The van der Waals surface area contributed by atoms with E-state index in [0.717, 1.165) is 31.4 Å². The molecule has 0 amide bonds. The van der Waals surface area contributed by atoms with E-state index in [-0.39, 0.29) is 23.0 Å². The summed E-state index contributed by atoms with van der Waals surface area (Å²) in [6.45, 7) is 4.45. The first-order valence-electron chi connectivity index (χ1n) is 10.9. The van der Waals surface area contributed by atoms with E-state index in [2.05, 4.69) is 6.92 Å². The van der Waals surface area contributed by atoms with Crippen molar-refractivity contribution in [2.45, 2.75) is 45.6 Å². The molecule has 1 nitrogen and oxygen atoms in total. The van der Waals surface area contributed by atoms with Gasteiger partial charge in [0, 0.05) is 11.1 Å². The summed E-state index contributed by atoms with van der Waals surface area (Å²) >= 11 is 0. The summed E-state index contributed by atoms with van der Waals surface area (Å²) in [7, 11) is 0. The Hall–Kier alpha value is -2.59. The number of ether oxygens (including phenoxy) is 1. The number of halogens is 3. The molecular weight excluding hydrogens is 397 g/mol. The van der Waals surface area contributed by atoms with Gasteiger partial charge in [-0.3, -0.25) is 0 Å². The van der Waals surface area contributed by atoms with Gasteiger partial charge in [-0.15, -0.1) is 0 Å². The van der Waals surface area contributed by atoms with E-state index in [4.69, 9.17) is 4.74 Å². The third-order valence-corrected chi connectivity index (χ3v) is 6.21. The van der Waals surface area contributed by atoms with Crippen LogP contribution in [0.1, 0.15) is 49.8 Å². The Balaban J connectivity index is 1.52.